The second-order valence-electron chi connectivity index (χ2n) is 3.60. The molecule has 3 heteroatoms. The Morgan fingerprint density at radius 1 is 1.36 bits per heavy atom. The van der Waals surface area contributed by atoms with Crippen molar-refractivity contribution in [1.82, 2.24) is 4.90 Å². The molecular formula is C8H16N2S. The lowest BCUT2D eigenvalue weighted by atomic mass is 9.79. The third kappa shape index (κ3) is 1.19. The summed E-state index contributed by atoms with van der Waals surface area (Å²) in [5, 5.41) is 6.32. The number of hydrogen-bond donors (Lipinski definition) is 1. The van der Waals surface area contributed by atoms with Crippen molar-refractivity contribution in [3.05, 3.63) is 0 Å². The second kappa shape index (κ2) is 2.96. The minimum absolute atomic E-state index is 0.751. The minimum atomic E-state index is 0.751. The lowest BCUT2D eigenvalue weighted by Gasteiger charge is -2.54. The van der Waals surface area contributed by atoms with Crippen molar-refractivity contribution in [2.75, 3.05) is 6.54 Å². The zero-order chi connectivity index (χ0) is 7.84. The average molecular weight is 172 g/mol. The maximum atomic E-state index is 5.57. The fraction of sp³-hybridized carbons (Fsp3) is 1.00. The minimum Gasteiger partial charge on any atom is -0.298 e. The Morgan fingerprint density at radius 3 is 2.45 bits per heavy atom. The molecule has 0 aromatic carbocycles. The summed E-state index contributed by atoms with van der Waals surface area (Å²) in [6, 6.07) is 1.75. The molecule has 0 aromatic heterocycles. The van der Waals surface area contributed by atoms with Crippen LogP contribution in [-0.2, 0) is 0 Å². The van der Waals surface area contributed by atoms with Crippen molar-refractivity contribution in [1.29, 1.82) is 0 Å². The predicted molar refractivity (Wildman–Crippen MR) is 49.4 cm³/mol. The normalized spacial score (nSPS) is 43.6. The van der Waals surface area contributed by atoms with Gasteiger partial charge in [-0.15, -0.1) is 0 Å². The molecule has 1 aliphatic carbocycles. The van der Waals surface area contributed by atoms with Gasteiger partial charge in [0.2, 0.25) is 0 Å². The highest BCUT2D eigenvalue weighted by Gasteiger charge is 2.43. The van der Waals surface area contributed by atoms with Gasteiger partial charge < -0.3 is 0 Å². The van der Waals surface area contributed by atoms with E-state index in [1.165, 1.54) is 25.8 Å². The second-order valence-corrected chi connectivity index (χ2v) is 4.54. The van der Waals surface area contributed by atoms with E-state index in [9.17, 15) is 0 Å². The molecule has 3 rings (SSSR count). The number of piperidine rings is 1. The first-order chi connectivity index (χ1) is 5.35. The topological polar surface area (TPSA) is 29.3 Å². The summed E-state index contributed by atoms with van der Waals surface area (Å²) >= 11 is 1.57. The van der Waals surface area contributed by atoms with E-state index in [0.29, 0.717) is 0 Å². The van der Waals surface area contributed by atoms with E-state index in [1.807, 2.05) is 0 Å². The van der Waals surface area contributed by atoms with Gasteiger partial charge in [-0.2, -0.15) is 0 Å². The summed E-state index contributed by atoms with van der Waals surface area (Å²) in [4.78, 5) is 2.62. The fourth-order valence-electron chi connectivity index (χ4n) is 2.54. The zero-order valence-electron chi connectivity index (χ0n) is 6.99. The van der Waals surface area contributed by atoms with Crippen molar-refractivity contribution in [3.8, 4) is 0 Å². The van der Waals surface area contributed by atoms with Crippen LogP contribution in [0.3, 0.4) is 0 Å². The van der Waals surface area contributed by atoms with Gasteiger partial charge in [0.1, 0.15) is 0 Å². The Morgan fingerprint density at radius 2 is 2.00 bits per heavy atom. The van der Waals surface area contributed by atoms with Crippen LogP contribution in [0.1, 0.15) is 26.2 Å². The summed E-state index contributed by atoms with van der Waals surface area (Å²) in [5.41, 5.74) is 0. The van der Waals surface area contributed by atoms with Gasteiger partial charge in [0, 0.05) is 17.3 Å². The number of nitrogens with two attached hydrogens (primary N) is 1. The van der Waals surface area contributed by atoms with E-state index in [0.717, 1.165) is 17.3 Å². The van der Waals surface area contributed by atoms with Crippen LogP contribution in [-0.4, -0.2) is 28.8 Å². The first-order valence-corrected chi connectivity index (χ1v) is 5.40. The van der Waals surface area contributed by atoms with Crippen molar-refractivity contribution >= 4 is 11.9 Å². The van der Waals surface area contributed by atoms with E-state index in [4.69, 9.17) is 5.14 Å². The van der Waals surface area contributed by atoms with Crippen molar-refractivity contribution in [2.45, 2.75) is 43.5 Å². The summed E-state index contributed by atoms with van der Waals surface area (Å²) in [5.74, 6) is 0. The van der Waals surface area contributed by atoms with Gasteiger partial charge in [-0.25, -0.2) is 0 Å². The molecule has 3 atom stereocenters. The highest BCUT2D eigenvalue weighted by Crippen LogP contribution is 2.40. The van der Waals surface area contributed by atoms with E-state index in [1.54, 1.807) is 11.9 Å². The molecule has 2 nitrogen and oxygen atoms in total. The SMILES string of the molecule is CCN1C2CC(SN)C[C@@H]1C2. The number of rotatable bonds is 2. The zero-order valence-corrected chi connectivity index (χ0v) is 7.81. The Bertz CT molecular complexity index is 139. The van der Waals surface area contributed by atoms with E-state index in [-0.39, 0.29) is 0 Å². The first kappa shape index (κ1) is 7.90. The molecule has 0 aromatic rings. The van der Waals surface area contributed by atoms with Gasteiger partial charge in [0.15, 0.2) is 0 Å². The largest absolute Gasteiger partial charge is 0.298 e. The van der Waals surface area contributed by atoms with E-state index < -0.39 is 0 Å². The van der Waals surface area contributed by atoms with Gasteiger partial charge in [0.25, 0.3) is 0 Å². The first-order valence-electron chi connectivity index (χ1n) is 4.46. The number of nitrogens with zero attached hydrogens (tertiary/aromatic N) is 1. The van der Waals surface area contributed by atoms with Gasteiger partial charge in [-0.1, -0.05) is 18.9 Å². The fourth-order valence-corrected chi connectivity index (χ4v) is 3.21. The molecule has 2 unspecified atom stereocenters. The molecule has 0 spiro atoms. The Labute approximate surface area is 72.6 Å². The summed E-state index contributed by atoms with van der Waals surface area (Å²) < 4.78 is 0. The molecule has 2 N–H and O–H groups in total. The standard InChI is InChI=1S/C8H16N2S/c1-2-10-6-3-7(10)5-8(4-6)11-9/h6-8H,2-5,9H2,1H3/t6-,7?,8?/m0/s1. The molecule has 64 valence electrons. The highest BCUT2D eigenvalue weighted by molar-refractivity contribution is 7.97. The van der Waals surface area contributed by atoms with Gasteiger partial charge in [-0.3, -0.25) is 10.0 Å². The Hall–Kier alpha value is 0.270. The molecule has 2 heterocycles. The molecule has 2 saturated heterocycles. The van der Waals surface area contributed by atoms with Crippen LogP contribution in [0.5, 0.6) is 0 Å². The van der Waals surface area contributed by atoms with Crippen molar-refractivity contribution < 1.29 is 0 Å². The van der Waals surface area contributed by atoms with Gasteiger partial charge >= 0.3 is 0 Å². The maximum Gasteiger partial charge on any atom is 0.0220 e. The lowest BCUT2D eigenvalue weighted by Crippen LogP contribution is -2.61. The van der Waals surface area contributed by atoms with Crippen LogP contribution >= 0.6 is 11.9 Å². The van der Waals surface area contributed by atoms with Crippen LogP contribution in [0.4, 0.5) is 0 Å². The van der Waals surface area contributed by atoms with Crippen LogP contribution in [0.25, 0.3) is 0 Å². The predicted octanol–water partition coefficient (Wildman–Crippen LogP) is 1.22. The smallest absolute Gasteiger partial charge is 0.0220 e. The van der Waals surface area contributed by atoms with Crippen molar-refractivity contribution in [3.63, 3.8) is 0 Å². The monoisotopic (exact) mass is 172 g/mol. The third-order valence-electron chi connectivity index (χ3n) is 3.11. The molecule has 3 aliphatic rings. The molecule has 0 amide bonds. The van der Waals surface area contributed by atoms with E-state index in [2.05, 4.69) is 11.8 Å². The summed E-state index contributed by atoms with van der Waals surface area (Å²) in [6.07, 6.45) is 4.09. The van der Waals surface area contributed by atoms with Gasteiger partial charge in [-0.05, 0) is 25.8 Å². The Kier molecular flexibility index (Phi) is 2.12. The number of fused-ring (bicyclic) bond motifs is 2. The summed E-state index contributed by atoms with van der Waals surface area (Å²) in [6.45, 7) is 3.49. The van der Waals surface area contributed by atoms with Crippen LogP contribution in [0, 0.1) is 0 Å². The molecule has 3 fully saturated rings. The highest BCUT2D eigenvalue weighted by atomic mass is 32.2. The summed E-state index contributed by atoms with van der Waals surface area (Å²) in [7, 11) is 0. The third-order valence-corrected chi connectivity index (χ3v) is 3.88. The van der Waals surface area contributed by atoms with Crippen molar-refractivity contribution in [2.24, 2.45) is 5.14 Å². The lowest BCUT2D eigenvalue weighted by molar-refractivity contribution is -0.0190. The molecular weight excluding hydrogens is 156 g/mol. The average Bonchev–Trinajstić information content (AvgIpc) is 2.05. The quantitative estimate of drug-likeness (QED) is 0.635. The molecule has 1 saturated carbocycles. The Balaban J connectivity index is 1.91. The molecule has 2 aliphatic heterocycles. The molecule has 11 heavy (non-hydrogen) atoms. The maximum absolute atomic E-state index is 5.57. The van der Waals surface area contributed by atoms with Crippen LogP contribution in [0.2, 0.25) is 0 Å². The van der Waals surface area contributed by atoms with Gasteiger partial charge in [0.05, 0.1) is 0 Å². The van der Waals surface area contributed by atoms with E-state index >= 15 is 0 Å². The number of hydrogen-bond acceptors (Lipinski definition) is 3. The molecule has 2 bridgehead atoms. The molecule has 0 radical (unpaired) electrons. The van der Waals surface area contributed by atoms with Crippen LogP contribution in [0.15, 0.2) is 0 Å². The van der Waals surface area contributed by atoms with Crippen LogP contribution < -0.4 is 5.14 Å².